The molecule has 3 rings (SSSR count). The Hall–Kier alpha value is -2.95. The molecule has 0 aromatic heterocycles. The van der Waals surface area contributed by atoms with Crippen LogP contribution in [0.3, 0.4) is 0 Å². The monoisotopic (exact) mass is 394 g/mol. The molecule has 146 valence electrons. The van der Waals surface area contributed by atoms with Crippen molar-refractivity contribution in [1.29, 1.82) is 5.26 Å². The minimum absolute atomic E-state index is 0.0489. The van der Waals surface area contributed by atoms with Gasteiger partial charge in [-0.3, -0.25) is 4.79 Å². The van der Waals surface area contributed by atoms with Crippen LogP contribution in [0.25, 0.3) is 0 Å². The summed E-state index contributed by atoms with van der Waals surface area (Å²) in [5.74, 6) is -8.59. The molecule has 1 aliphatic carbocycles. The molecule has 2 atom stereocenters. The lowest BCUT2D eigenvalue weighted by molar-refractivity contribution is -0.270. The number of nitriles is 1. The Morgan fingerprint density at radius 1 is 1.14 bits per heavy atom. The number of nitrogens with one attached hydrogen (secondary N) is 1. The molecule has 2 aromatic rings. The van der Waals surface area contributed by atoms with Crippen LogP contribution in [-0.2, 0) is 11.2 Å². The van der Waals surface area contributed by atoms with Crippen molar-refractivity contribution in [2.24, 2.45) is 0 Å². The number of rotatable bonds is 3. The van der Waals surface area contributed by atoms with Crippen LogP contribution in [0, 0.1) is 11.3 Å². The molecule has 1 amide bonds. The average Bonchev–Trinajstić information content (AvgIpc) is 2.91. The van der Waals surface area contributed by atoms with Crippen molar-refractivity contribution in [3.63, 3.8) is 0 Å². The van der Waals surface area contributed by atoms with Crippen LogP contribution in [0.15, 0.2) is 48.5 Å². The van der Waals surface area contributed by atoms with E-state index in [2.05, 4.69) is 0 Å². The number of amides is 1. The fourth-order valence-electron chi connectivity index (χ4n) is 3.71. The van der Waals surface area contributed by atoms with Crippen LogP contribution in [-0.4, -0.2) is 23.5 Å². The standard InChI is InChI=1S/C20H15F5N2O/c1-18(27-17(28)19(21,22)20(23,24)25)10-14-8-7-12(11-26)9-15(14)16(18)13-5-3-2-4-6-13/h2-9,16H,10H2,1H3,(H,27,28)/t16-,18+/m0/s1. The molecule has 1 N–H and O–H groups in total. The highest BCUT2D eigenvalue weighted by Gasteiger charge is 2.64. The van der Waals surface area contributed by atoms with E-state index >= 15 is 0 Å². The zero-order chi connectivity index (χ0) is 20.7. The average molecular weight is 394 g/mol. The third-order valence-corrected chi connectivity index (χ3v) is 4.95. The van der Waals surface area contributed by atoms with E-state index in [1.807, 2.05) is 11.4 Å². The first-order valence-electron chi connectivity index (χ1n) is 8.34. The Labute approximate surface area is 157 Å². The molecule has 0 saturated heterocycles. The van der Waals surface area contributed by atoms with Crippen molar-refractivity contribution in [3.05, 3.63) is 70.8 Å². The minimum atomic E-state index is -5.99. The number of hydrogen-bond acceptors (Lipinski definition) is 2. The van der Waals surface area contributed by atoms with E-state index in [-0.39, 0.29) is 6.42 Å². The van der Waals surface area contributed by atoms with E-state index in [1.54, 1.807) is 48.5 Å². The number of nitrogens with zero attached hydrogens (tertiary/aromatic N) is 1. The van der Waals surface area contributed by atoms with Crippen molar-refractivity contribution in [2.45, 2.75) is 36.9 Å². The summed E-state index contributed by atoms with van der Waals surface area (Å²) in [4.78, 5) is 11.9. The Morgan fingerprint density at radius 3 is 2.36 bits per heavy atom. The van der Waals surface area contributed by atoms with Crippen LogP contribution in [0.1, 0.15) is 35.1 Å². The highest BCUT2D eigenvalue weighted by molar-refractivity contribution is 5.85. The summed E-state index contributed by atoms with van der Waals surface area (Å²) in [6.07, 6.45) is -5.94. The predicted molar refractivity (Wildman–Crippen MR) is 90.7 cm³/mol. The summed E-state index contributed by atoms with van der Waals surface area (Å²) in [6.45, 7) is 1.43. The molecule has 0 spiro atoms. The molecule has 8 heteroatoms. The molecule has 0 aliphatic heterocycles. The van der Waals surface area contributed by atoms with Crippen LogP contribution in [0.5, 0.6) is 0 Å². The lowest BCUT2D eigenvalue weighted by Gasteiger charge is -2.35. The predicted octanol–water partition coefficient (Wildman–Crippen LogP) is 4.32. The highest BCUT2D eigenvalue weighted by atomic mass is 19.4. The van der Waals surface area contributed by atoms with E-state index in [0.717, 1.165) is 0 Å². The number of alkyl halides is 5. The molecule has 0 heterocycles. The van der Waals surface area contributed by atoms with E-state index < -0.39 is 29.5 Å². The normalized spacial score (nSPS) is 21.7. The second kappa shape index (κ2) is 6.59. The number of halogens is 5. The number of hydrogen-bond donors (Lipinski definition) is 1. The zero-order valence-electron chi connectivity index (χ0n) is 14.6. The number of fused-ring (bicyclic) bond motifs is 1. The topological polar surface area (TPSA) is 52.9 Å². The summed E-state index contributed by atoms with van der Waals surface area (Å²) in [5.41, 5.74) is 0.823. The van der Waals surface area contributed by atoms with Gasteiger partial charge < -0.3 is 5.32 Å². The summed E-state index contributed by atoms with van der Waals surface area (Å²) in [7, 11) is 0. The molecule has 2 aromatic carbocycles. The largest absolute Gasteiger partial charge is 0.463 e. The van der Waals surface area contributed by atoms with Gasteiger partial charge in [-0.25, -0.2) is 0 Å². The molecule has 0 fully saturated rings. The van der Waals surface area contributed by atoms with E-state index in [9.17, 15) is 26.7 Å². The van der Waals surface area contributed by atoms with Crippen LogP contribution >= 0.6 is 0 Å². The van der Waals surface area contributed by atoms with Gasteiger partial charge in [-0.15, -0.1) is 0 Å². The first kappa shape index (κ1) is 19.8. The molecular weight excluding hydrogens is 379 g/mol. The Balaban J connectivity index is 2.07. The maximum atomic E-state index is 13.5. The Bertz CT molecular complexity index is 949. The van der Waals surface area contributed by atoms with E-state index in [0.29, 0.717) is 22.3 Å². The molecule has 1 aliphatic rings. The van der Waals surface area contributed by atoms with Gasteiger partial charge in [0.25, 0.3) is 0 Å². The summed E-state index contributed by atoms with van der Waals surface area (Å²) in [6, 6.07) is 15.3. The SMILES string of the molecule is C[C@@]1(NC(=O)C(F)(F)C(F)(F)F)Cc2ccc(C#N)cc2[C@@H]1c1ccccc1. The van der Waals surface area contributed by atoms with E-state index in [4.69, 9.17) is 5.26 Å². The number of benzene rings is 2. The van der Waals surface area contributed by atoms with Gasteiger partial charge in [-0.1, -0.05) is 36.4 Å². The Kier molecular flexibility index (Phi) is 4.66. The smallest absolute Gasteiger partial charge is 0.344 e. The second-order valence-corrected chi connectivity index (χ2v) is 6.99. The molecule has 0 radical (unpaired) electrons. The fourth-order valence-corrected chi connectivity index (χ4v) is 3.71. The van der Waals surface area contributed by atoms with Gasteiger partial charge in [0.2, 0.25) is 0 Å². The van der Waals surface area contributed by atoms with Gasteiger partial charge in [-0.2, -0.15) is 27.2 Å². The van der Waals surface area contributed by atoms with Crippen LogP contribution in [0.4, 0.5) is 22.0 Å². The molecule has 3 nitrogen and oxygen atoms in total. The van der Waals surface area contributed by atoms with Crippen LogP contribution in [0.2, 0.25) is 0 Å². The van der Waals surface area contributed by atoms with Gasteiger partial charge in [0.15, 0.2) is 0 Å². The third-order valence-electron chi connectivity index (χ3n) is 4.95. The third kappa shape index (κ3) is 3.21. The maximum Gasteiger partial charge on any atom is 0.463 e. The van der Waals surface area contributed by atoms with E-state index in [1.165, 1.54) is 6.92 Å². The first-order valence-corrected chi connectivity index (χ1v) is 8.34. The van der Waals surface area contributed by atoms with Crippen molar-refractivity contribution >= 4 is 5.91 Å². The summed E-state index contributed by atoms with van der Waals surface area (Å²) < 4.78 is 64.9. The lowest BCUT2D eigenvalue weighted by Crippen LogP contribution is -2.58. The van der Waals surface area contributed by atoms with Gasteiger partial charge in [0.05, 0.1) is 17.2 Å². The summed E-state index contributed by atoms with van der Waals surface area (Å²) >= 11 is 0. The fraction of sp³-hybridized carbons (Fsp3) is 0.300. The Morgan fingerprint density at radius 2 is 1.79 bits per heavy atom. The minimum Gasteiger partial charge on any atom is -0.344 e. The molecule has 0 bridgehead atoms. The van der Waals surface area contributed by atoms with Crippen molar-refractivity contribution in [3.8, 4) is 6.07 Å². The summed E-state index contributed by atoms with van der Waals surface area (Å²) in [5, 5.41) is 11.1. The molecule has 0 unspecified atom stereocenters. The molecule has 28 heavy (non-hydrogen) atoms. The lowest BCUT2D eigenvalue weighted by atomic mass is 9.80. The zero-order valence-corrected chi connectivity index (χ0v) is 14.6. The molecule has 0 saturated carbocycles. The highest BCUT2D eigenvalue weighted by Crippen LogP contribution is 2.46. The maximum absolute atomic E-state index is 13.5. The van der Waals surface area contributed by atoms with Gasteiger partial charge >= 0.3 is 18.0 Å². The van der Waals surface area contributed by atoms with Crippen molar-refractivity contribution in [2.75, 3.05) is 0 Å². The molecular formula is C20H15F5N2O. The quantitative estimate of drug-likeness (QED) is 0.789. The van der Waals surface area contributed by atoms with Gasteiger partial charge in [-0.05, 0) is 42.2 Å². The number of carbonyl (C=O) groups excluding carboxylic acids is 1. The van der Waals surface area contributed by atoms with Gasteiger partial charge in [0, 0.05) is 5.92 Å². The number of carbonyl (C=O) groups is 1. The first-order chi connectivity index (χ1) is 13.0. The van der Waals surface area contributed by atoms with Crippen molar-refractivity contribution in [1.82, 2.24) is 5.32 Å². The van der Waals surface area contributed by atoms with Crippen molar-refractivity contribution < 1.29 is 26.7 Å². The van der Waals surface area contributed by atoms with Crippen LogP contribution < -0.4 is 5.32 Å². The second-order valence-electron chi connectivity index (χ2n) is 6.99. The van der Waals surface area contributed by atoms with Gasteiger partial charge in [0.1, 0.15) is 0 Å².